The first-order valence-electron chi connectivity index (χ1n) is 9.00. The Bertz CT molecular complexity index is 850. The van der Waals surface area contributed by atoms with Crippen LogP contribution in [-0.2, 0) is 4.74 Å². The number of anilines is 1. The Balaban J connectivity index is 1.84. The maximum Gasteiger partial charge on any atom is 0.161 e. The van der Waals surface area contributed by atoms with Crippen molar-refractivity contribution in [3.8, 4) is 17.6 Å². The molecule has 0 amide bonds. The van der Waals surface area contributed by atoms with Crippen LogP contribution < -0.4 is 14.8 Å². The van der Waals surface area contributed by atoms with Crippen LogP contribution in [0.5, 0.6) is 11.5 Å². The summed E-state index contributed by atoms with van der Waals surface area (Å²) >= 11 is 5.98. The number of nitriles is 1. The lowest BCUT2D eigenvalue weighted by atomic mass is 10.0. The zero-order chi connectivity index (χ0) is 19.9. The minimum absolute atomic E-state index is 0.0757. The molecule has 1 unspecified atom stereocenters. The van der Waals surface area contributed by atoms with Crippen LogP contribution in [0.15, 0.2) is 30.3 Å². The molecule has 1 aliphatic rings. The van der Waals surface area contributed by atoms with Gasteiger partial charge in [0.15, 0.2) is 17.2 Å². The summed E-state index contributed by atoms with van der Waals surface area (Å²) in [6.07, 6.45) is 0. The molecule has 1 N–H and O–H groups in total. The van der Waals surface area contributed by atoms with E-state index in [0.717, 1.165) is 18.7 Å². The molecule has 1 aromatic heterocycles. The molecule has 1 atom stereocenters. The fourth-order valence-electron chi connectivity index (χ4n) is 3.23. The predicted molar refractivity (Wildman–Crippen MR) is 107 cm³/mol. The van der Waals surface area contributed by atoms with Crippen LogP contribution in [-0.4, -0.2) is 57.0 Å². The lowest BCUT2D eigenvalue weighted by molar-refractivity contribution is 0.0186. The number of ether oxygens (including phenoxy) is 3. The van der Waals surface area contributed by atoms with Crippen LogP contribution in [0.1, 0.15) is 17.3 Å². The van der Waals surface area contributed by atoms with Gasteiger partial charge >= 0.3 is 0 Å². The van der Waals surface area contributed by atoms with Gasteiger partial charge in [0.25, 0.3) is 0 Å². The molecular weight excluding hydrogens is 380 g/mol. The highest BCUT2D eigenvalue weighted by atomic mass is 35.5. The molecule has 1 fully saturated rings. The summed E-state index contributed by atoms with van der Waals surface area (Å²) < 4.78 is 16.3. The zero-order valence-electron chi connectivity index (χ0n) is 15.9. The maximum atomic E-state index is 9.14. The van der Waals surface area contributed by atoms with Gasteiger partial charge in [-0.3, -0.25) is 4.90 Å². The quantitative estimate of drug-likeness (QED) is 0.762. The predicted octanol–water partition coefficient (Wildman–Crippen LogP) is 3.11. The fraction of sp³-hybridized carbons (Fsp3) is 0.400. The first-order chi connectivity index (χ1) is 13.7. The van der Waals surface area contributed by atoms with E-state index in [9.17, 15) is 0 Å². The van der Waals surface area contributed by atoms with Gasteiger partial charge in [-0.2, -0.15) is 5.26 Å². The minimum Gasteiger partial charge on any atom is -0.493 e. The van der Waals surface area contributed by atoms with Crippen molar-refractivity contribution in [2.75, 3.05) is 52.4 Å². The lowest BCUT2D eigenvalue weighted by Crippen LogP contribution is -2.41. The molecule has 0 radical (unpaired) electrons. The molecule has 1 aromatic carbocycles. The number of aromatic nitrogens is 1. The van der Waals surface area contributed by atoms with E-state index in [1.807, 2.05) is 24.3 Å². The normalized spacial score (nSPS) is 15.5. The number of halogens is 1. The Morgan fingerprint density at radius 3 is 2.64 bits per heavy atom. The molecule has 8 heteroatoms. The Hall–Kier alpha value is -2.53. The third-order valence-corrected chi connectivity index (χ3v) is 5.01. The molecule has 0 saturated carbocycles. The second-order valence-corrected chi connectivity index (χ2v) is 6.71. The van der Waals surface area contributed by atoms with E-state index in [2.05, 4.69) is 15.2 Å². The van der Waals surface area contributed by atoms with E-state index in [4.69, 9.17) is 31.1 Å². The van der Waals surface area contributed by atoms with Crippen molar-refractivity contribution in [3.63, 3.8) is 0 Å². The Morgan fingerprint density at radius 2 is 1.96 bits per heavy atom. The smallest absolute Gasteiger partial charge is 0.161 e. The fourth-order valence-corrected chi connectivity index (χ4v) is 3.37. The number of hydrogen-bond acceptors (Lipinski definition) is 7. The molecule has 0 bridgehead atoms. The van der Waals surface area contributed by atoms with Gasteiger partial charge in [0.1, 0.15) is 11.9 Å². The van der Waals surface area contributed by atoms with Gasteiger partial charge in [-0.1, -0.05) is 17.7 Å². The van der Waals surface area contributed by atoms with E-state index in [1.54, 1.807) is 26.4 Å². The topological polar surface area (TPSA) is 79.6 Å². The second kappa shape index (κ2) is 9.60. The number of morpholine rings is 1. The molecule has 2 heterocycles. The Labute approximate surface area is 169 Å². The summed E-state index contributed by atoms with van der Waals surface area (Å²) in [5.74, 6) is 1.99. The van der Waals surface area contributed by atoms with Crippen molar-refractivity contribution in [2.24, 2.45) is 0 Å². The van der Waals surface area contributed by atoms with Gasteiger partial charge < -0.3 is 19.5 Å². The standard InChI is InChI=1S/C20H23ClN4O3/c1-26-18-5-3-14(11-19(18)27-2)17(25-7-9-28-10-8-25)13-23-20-6-4-15(21)16(12-22)24-20/h3-6,11,17H,7-10,13H2,1-2H3,(H,23,24). The van der Waals surface area contributed by atoms with Crippen LogP contribution in [0.25, 0.3) is 0 Å². The van der Waals surface area contributed by atoms with E-state index in [-0.39, 0.29) is 11.7 Å². The molecule has 2 aromatic rings. The first-order valence-corrected chi connectivity index (χ1v) is 9.38. The second-order valence-electron chi connectivity index (χ2n) is 6.30. The SMILES string of the molecule is COc1ccc(C(CNc2ccc(Cl)c(C#N)n2)N2CCOCC2)cc1OC. The van der Waals surface area contributed by atoms with Gasteiger partial charge in [0.05, 0.1) is 38.5 Å². The molecule has 28 heavy (non-hydrogen) atoms. The van der Waals surface area contributed by atoms with Crippen LogP contribution in [0, 0.1) is 11.3 Å². The van der Waals surface area contributed by atoms with Crippen molar-refractivity contribution >= 4 is 17.4 Å². The summed E-state index contributed by atoms with van der Waals surface area (Å²) in [6, 6.07) is 11.5. The summed E-state index contributed by atoms with van der Waals surface area (Å²) in [5.41, 5.74) is 1.31. The molecule has 148 valence electrons. The van der Waals surface area contributed by atoms with Crippen LogP contribution >= 0.6 is 11.6 Å². The molecular formula is C20H23ClN4O3. The zero-order valence-corrected chi connectivity index (χ0v) is 16.7. The van der Waals surface area contributed by atoms with Gasteiger partial charge in [-0.15, -0.1) is 0 Å². The number of rotatable bonds is 7. The number of hydrogen-bond donors (Lipinski definition) is 1. The molecule has 1 saturated heterocycles. The molecule has 0 aliphatic carbocycles. The average Bonchev–Trinajstić information content (AvgIpc) is 2.75. The third kappa shape index (κ3) is 4.65. The highest BCUT2D eigenvalue weighted by Gasteiger charge is 2.24. The Kier molecular flexibility index (Phi) is 6.93. The molecule has 1 aliphatic heterocycles. The molecule has 3 rings (SSSR count). The van der Waals surface area contributed by atoms with E-state index >= 15 is 0 Å². The van der Waals surface area contributed by atoms with Crippen LogP contribution in [0.3, 0.4) is 0 Å². The van der Waals surface area contributed by atoms with Crippen LogP contribution in [0.2, 0.25) is 5.02 Å². The third-order valence-electron chi connectivity index (χ3n) is 4.71. The van der Waals surface area contributed by atoms with Crippen molar-refractivity contribution in [1.82, 2.24) is 9.88 Å². The Morgan fingerprint density at radius 1 is 1.21 bits per heavy atom. The number of pyridine rings is 1. The monoisotopic (exact) mass is 402 g/mol. The van der Waals surface area contributed by atoms with Crippen LogP contribution in [0.4, 0.5) is 5.82 Å². The lowest BCUT2D eigenvalue weighted by Gasteiger charge is -2.35. The van der Waals surface area contributed by atoms with Gasteiger partial charge in [-0.05, 0) is 29.8 Å². The summed E-state index contributed by atoms with van der Waals surface area (Å²) in [7, 11) is 3.25. The van der Waals surface area contributed by atoms with Gasteiger partial charge in [0.2, 0.25) is 0 Å². The number of benzene rings is 1. The summed E-state index contributed by atoms with van der Waals surface area (Å²) in [6.45, 7) is 3.66. The minimum atomic E-state index is 0.0757. The highest BCUT2D eigenvalue weighted by molar-refractivity contribution is 6.31. The number of methoxy groups -OCH3 is 2. The summed E-state index contributed by atoms with van der Waals surface area (Å²) in [5, 5.41) is 12.8. The van der Waals surface area contributed by atoms with Gasteiger partial charge in [-0.25, -0.2) is 4.98 Å². The number of nitrogens with one attached hydrogen (secondary N) is 1. The van der Waals surface area contributed by atoms with Crippen molar-refractivity contribution in [1.29, 1.82) is 5.26 Å². The van der Waals surface area contributed by atoms with Gasteiger partial charge in [0, 0.05) is 19.6 Å². The largest absolute Gasteiger partial charge is 0.493 e. The van der Waals surface area contributed by atoms with E-state index in [0.29, 0.717) is 42.1 Å². The van der Waals surface area contributed by atoms with Crippen molar-refractivity contribution < 1.29 is 14.2 Å². The average molecular weight is 403 g/mol. The first kappa shape index (κ1) is 20.2. The van der Waals surface area contributed by atoms with E-state index < -0.39 is 0 Å². The highest BCUT2D eigenvalue weighted by Crippen LogP contribution is 2.32. The molecule has 0 spiro atoms. The van der Waals surface area contributed by atoms with Crippen molar-refractivity contribution in [2.45, 2.75) is 6.04 Å². The number of nitrogens with zero attached hydrogens (tertiary/aromatic N) is 3. The maximum absolute atomic E-state index is 9.14. The summed E-state index contributed by atoms with van der Waals surface area (Å²) in [4.78, 5) is 6.63. The van der Waals surface area contributed by atoms with Crippen molar-refractivity contribution in [3.05, 3.63) is 46.6 Å². The van der Waals surface area contributed by atoms with E-state index in [1.165, 1.54) is 0 Å². The molecule has 7 nitrogen and oxygen atoms in total.